The van der Waals surface area contributed by atoms with Crippen molar-refractivity contribution in [3.8, 4) is 0 Å². The lowest BCUT2D eigenvalue weighted by atomic mass is 10.1. The van der Waals surface area contributed by atoms with E-state index < -0.39 is 11.0 Å². The van der Waals surface area contributed by atoms with Gasteiger partial charge in [0, 0.05) is 18.3 Å². The van der Waals surface area contributed by atoms with E-state index in [1.165, 1.54) is 24.5 Å². The molecule has 3 rings (SSSR count). The number of aryl methyl sites for hydroxylation is 1. The minimum absolute atomic E-state index is 0.0368. The fourth-order valence-corrected chi connectivity index (χ4v) is 2.73. The summed E-state index contributed by atoms with van der Waals surface area (Å²) in [6.07, 6.45) is 3.13. The van der Waals surface area contributed by atoms with Gasteiger partial charge in [-0.15, -0.1) is 0 Å². The Morgan fingerprint density at radius 3 is 3.04 bits per heavy atom. The highest BCUT2D eigenvalue weighted by Crippen LogP contribution is 2.27. The van der Waals surface area contributed by atoms with Crippen LogP contribution in [0.15, 0.2) is 24.5 Å². The highest BCUT2D eigenvalue weighted by molar-refractivity contribution is 6.33. The van der Waals surface area contributed by atoms with Crippen LogP contribution in [0.1, 0.15) is 24.7 Å². The number of amides is 2. The summed E-state index contributed by atoms with van der Waals surface area (Å²) in [5.41, 5.74) is 0.161. The molecule has 1 atom stereocenters. The number of hydrogen-bond donors (Lipinski definition) is 2. The summed E-state index contributed by atoms with van der Waals surface area (Å²) in [7, 11) is 0. The number of hydrogen-bond acceptors (Lipinski definition) is 5. The van der Waals surface area contributed by atoms with Crippen LogP contribution in [0.3, 0.4) is 0 Å². The minimum Gasteiger partial charge on any atom is -0.328 e. The zero-order valence-corrected chi connectivity index (χ0v) is 12.7. The van der Waals surface area contributed by atoms with Crippen LogP contribution in [0, 0.1) is 10.1 Å². The highest BCUT2D eigenvalue weighted by Gasteiger charge is 2.24. The summed E-state index contributed by atoms with van der Waals surface area (Å²) >= 11 is 5.82. The van der Waals surface area contributed by atoms with Crippen LogP contribution in [0.2, 0.25) is 5.02 Å². The fraction of sp³-hybridized carbons (Fsp3) is 0.308. The van der Waals surface area contributed by atoms with Gasteiger partial charge in [0.05, 0.1) is 11.0 Å². The van der Waals surface area contributed by atoms with E-state index in [2.05, 4.69) is 20.7 Å². The number of halogens is 1. The number of fused-ring (bicyclic) bond motifs is 1. The van der Waals surface area contributed by atoms with Crippen molar-refractivity contribution in [3.63, 3.8) is 0 Å². The van der Waals surface area contributed by atoms with E-state index in [1.54, 1.807) is 4.68 Å². The molecule has 1 aromatic carbocycles. The van der Waals surface area contributed by atoms with Gasteiger partial charge in [-0.25, -0.2) is 14.5 Å². The molecule has 0 saturated carbocycles. The first-order valence-corrected chi connectivity index (χ1v) is 7.31. The second-order valence-electron chi connectivity index (χ2n) is 5.06. The van der Waals surface area contributed by atoms with E-state index in [9.17, 15) is 14.9 Å². The van der Waals surface area contributed by atoms with Gasteiger partial charge in [0.15, 0.2) is 0 Å². The largest absolute Gasteiger partial charge is 0.328 e. The summed E-state index contributed by atoms with van der Waals surface area (Å²) in [4.78, 5) is 26.4. The maximum atomic E-state index is 12.1. The SMILES string of the molecule is O=C(Nc1ccc([N+](=O)[O-])c(Cl)c1)N[C@@H]1CCCn2ncnc21. The van der Waals surface area contributed by atoms with Crippen molar-refractivity contribution in [1.29, 1.82) is 0 Å². The molecule has 0 fully saturated rings. The molecule has 0 bridgehead atoms. The van der Waals surface area contributed by atoms with Crippen LogP contribution >= 0.6 is 11.6 Å². The number of nitrogens with zero attached hydrogens (tertiary/aromatic N) is 4. The number of benzene rings is 1. The second-order valence-corrected chi connectivity index (χ2v) is 5.47. The average molecular weight is 337 g/mol. The first kappa shape index (κ1) is 15.2. The molecular weight excluding hydrogens is 324 g/mol. The summed E-state index contributed by atoms with van der Waals surface area (Å²) < 4.78 is 1.76. The molecule has 0 aliphatic carbocycles. The van der Waals surface area contributed by atoms with E-state index in [-0.39, 0.29) is 16.8 Å². The third kappa shape index (κ3) is 3.24. The molecule has 0 unspecified atom stereocenters. The van der Waals surface area contributed by atoms with Crippen LogP contribution in [0.25, 0.3) is 0 Å². The highest BCUT2D eigenvalue weighted by atomic mass is 35.5. The standard InChI is InChI=1S/C13H13ClN6O3/c14-9-6-8(3-4-11(9)20(22)23)17-13(21)18-10-2-1-5-19-12(10)15-7-16-19/h3-4,6-7,10H,1-2,5H2,(H2,17,18,21)/t10-/m1/s1. The summed E-state index contributed by atoms with van der Waals surface area (Å²) in [6, 6.07) is 3.35. The zero-order chi connectivity index (χ0) is 16.4. The van der Waals surface area contributed by atoms with Crippen LogP contribution in [-0.4, -0.2) is 25.7 Å². The predicted octanol–water partition coefficient (Wildman–Crippen LogP) is 2.50. The number of carbonyl (C=O) groups excluding carboxylic acids is 1. The van der Waals surface area contributed by atoms with E-state index in [4.69, 9.17) is 11.6 Å². The molecule has 0 spiro atoms. The van der Waals surface area contributed by atoms with Crippen molar-refractivity contribution in [1.82, 2.24) is 20.1 Å². The molecule has 2 heterocycles. The van der Waals surface area contributed by atoms with Gasteiger partial charge in [0.1, 0.15) is 17.2 Å². The molecule has 1 aromatic heterocycles. The molecule has 0 saturated heterocycles. The number of anilines is 1. The third-order valence-electron chi connectivity index (χ3n) is 3.53. The number of carbonyl (C=O) groups is 1. The normalized spacial score (nSPS) is 16.5. The van der Waals surface area contributed by atoms with Crippen LogP contribution in [0.5, 0.6) is 0 Å². The van der Waals surface area contributed by atoms with Crippen molar-refractivity contribution >= 4 is 29.0 Å². The Morgan fingerprint density at radius 1 is 1.48 bits per heavy atom. The van der Waals surface area contributed by atoms with Crippen molar-refractivity contribution in [2.24, 2.45) is 0 Å². The Kier molecular flexibility index (Phi) is 4.11. The smallest absolute Gasteiger partial charge is 0.319 e. The number of nitro benzene ring substituents is 1. The number of rotatable bonds is 3. The first-order valence-electron chi connectivity index (χ1n) is 6.94. The average Bonchev–Trinajstić information content (AvgIpc) is 2.96. The Balaban J connectivity index is 1.67. The monoisotopic (exact) mass is 336 g/mol. The maximum absolute atomic E-state index is 12.1. The van der Waals surface area contributed by atoms with Gasteiger partial charge >= 0.3 is 6.03 Å². The quantitative estimate of drug-likeness (QED) is 0.660. The maximum Gasteiger partial charge on any atom is 0.319 e. The zero-order valence-electron chi connectivity index (χ0n) is 11.9. The van der Waals surface area contributed by atoms with Crippen molar-refractivity contribution < 1.29 is 9.72 Å². The molecule has 120 valence electrons. The second kappa shape index (κ2) is 6.21. The molecule has 10 heteroatoms. The van der Waals surface area contributed by atoms with Gasteiger partial charge in [-0.2, -0.15) is 5.10 Å². The van der Waals surface area contributed by atoms with Crippen molar-refractivity contribution in [2.45, 2.75) is 25.4 Å². The van der Waals surface area contributed by atoms with Gasteiger partial charge in [-0.3, -0.25) is 10.1 Å². The number of nitrogens with one attached hydrogen (secondary N) is 2. The van der Waals surface area contributed by atoms with Crippen LogP contribution < -0.4 is 10.6 Å². The molecule has 0 radical (unpaired) electrons. The van der Waals surface area contributed by atoms with Crippen LogP contribution in [0.4, 0.5) is 16.2 Å². The summed E-state index contributed by atoms with van der Waals surface area (Å²) in [5.74, 6) is 0.716. The van der Waals surface area contributed by atoms with E-state index in [1.807, 2.05) is 0 Å². The lowest BCUT2D eigenvalue weighted by Crippen LogP contribution is -2.36. The lowest BCUT2D eigenvalue weighted by Gasteiger charge is -2.23. The lowest BCUT2D eigenvalue weighted by molar-refractivity contribution is -0.384. The van der Waals surface area contributed by atoms with Gasteiger partial charge in [0.25, 0.3) is 5.69 Å². The molecular formula is C13H13ClN6O3. The van der Waals surface area contributed by atoms with Crippen LogP contribution in [-0.2, 0) is 6.54 Å². The summed E-state index contributed by atoms with van der Waals surface area (Å²) in [6.45, 7) is 0.785. The van der Waals surface area contributed by atoms with Gasteiger partial charge in [-0.05, 0) is 25.0 Å². The molecule has 23 heavy (non-hydrogen) atoms. The molecule has 2 N–H and O–H groups in total. The van der Waals surface area contributed by atoms with Gasteiger partial charge < -0.3 is 10.6 Å². The molecule has 1 aliphatic heterocycles. The topological polar surface area (TPSA) is 115 Å². The first-order chi connectivity index (χ1) is 11.0. The minimum atomic E-state index is -0.582. The molecule has 9 nitrogen and oxygen atoms in total. The van der Waals surface area contributed by atoms with E-state index >= 15 is 0 Å². The molecule has 1 aliphatic rings. The van der Waals surface area contributed by atoms with Crippen molar-refractivity contribution in [3.05, 3.63) is 45.5 Å². The fourth-order valence-electron chi connectivity index (χ4n) is 2.48. The predicted molar refractivity (Wildman–Crippen MR) is 82.3 cm³/mol. The Morgan fingerprint density at radius 2 is 2.30 bits per heavy atom. The van der Waals surface area contributed by atoms with E-state index in [0.717, 1.165) is 19.4 Å². The molecule has 2 aromatic rings. The Labute approximate surface area is 135 Å². The number of aromatic nitrogens is 3. The van der Waals surface area contributed by atoms with Gasteiger partial charge in [-0.1, -0.05) is 11.6 Å². The summed E-state index contributed by atoms with van der Waals surface area (Å²) in [5, 5.41) is 20.2. The Hall–Kier alpha value is -2.68. The Bertz CT molecular complexity index is 762. The third-order valence-corrected chi connectivity index (χ3v) is 3.83. The molecule has 2 amide bonds. The number of urea groups is 1. The van der Waals surface area contributed by atoms with E-state index in [0.29, 0.717) is 11.5 Å². The van der Waals surface area contributed by atoms with Crippen molar-refractivity contribution in [2.75, 3.05) is 5.32 Å². The number of nitro groups is 1. The van der Waals surface area contributed by atoms with Gasteiger partial charge in [0.2, 0.25) is 0 Å².